The predicted molar refractivity (Wildman–Crippen MR) is 59.6 cm³/mol. The molecule has 94 valence electrons. The highest BCUT2D eigenvalue weighted by atomic mass is 19.2. The fourth-order valence-corrected chi connectivity index (χ4v) is 2.18. The van der Waals surface area contributed by atoms with Crippen molar-refractivity contribution in [1.82, 2.24) is 0 Å². The van der Waals surface area contributed by atoms with Crippen molar-refractivity contribution < 1.29 is 18.6 Å². The van der Waals surface area contributed by atoms with Crippen molar-refractivity contribution in [2.45, 2.75) is 44.5 Å². The summed E-state index contributed by atoms with van der Waals surface area (Å²) in [6.45, 7) is 1.94. The number of rotatable bonds is 3. The number of hydrogen-bond donors (Lipinski definition) is 1. The Hall–Kier alpha value is -1.00. The van der Waals surface area contributed by atoms with E-state index >= 15 is 0 Å². The molecular weight excluding hydrogens is 226 g/mol. The Kier molecular flexibility index (Phi) is 3.74. The molecule has 1 aromatic carbocycles. The molecule has 3 unspecified atom stereocenters. The van der Waals surface area contributed by atoms with Gasteiger partial charge >= 0.3 is 0 Å². The number of ether oxygens (including phenoxy) is 1. The maximum absolute atomic E-state index is 13.4. The fraction of sp³-hybridized carbons (Fsp3) is 0.538. The average Bonchev–Trinajstić information content (AvgIpc) is 2.72. The van der Waals surface area contributed by atoms with Crippen LogP contribution in [0.15, 0.2) is 18.2 Å². The summed E-state index contributed by atoms with van der Waals surface area (Å²) in [4.78, 5) is 0. The fourth-order valence-electron chi connectivity index (χ4n) is 2.18. The van der Waals surface area contributed by atoms with Gasteiger partial charge in [-0.2, -0.15) is 0 Å². The quantitative estimate of drug-likeness (QED) is 0.882. The zero-order chi connectivity index (χ0) is 12.4. The van der Waals surface area contributed by atoms with Gasteiger partial charge in [0.25, 0.3) is 0 Å². The molecule has 0 saturated carbocycles. The molecule has 0 spiro atoms. The lowest BCUT2D eigenvalue weighted by molar-refractivity contribution is -0.0281. The number of benzene rings is 1. The van der Waals surface area contributed by atoms with Gasteiger partial charge in [-0.25, -0.2) is 8.78 Å². The summed E-state index contributed by atoms with van der Waals surface area (Å²) in [7, 11) is 0. The van der Waals surface area contributed by atoms with E-state index in [1.54, 1.807) is 0 Å². The molecule has 3 atom stereocenters. The molecule has 2 rings (SSSR count). The second-order valence-corrected chi connectivity index (χ2v) is 4.55. The molecule has 1 aromatic rings. The van der Waals surface area contributed by atoms with Crippen LogP contribution in [0.5, 0.6) is 0 Å². The van der Waals surface area contributed by atoms with Gasteiger partial charge in [-0.3, -0.25) is 0 Å². The molecule has 1 aliphatic heterocycles. The molecule has 1 fully saturated rings. The number of aliphatic hydroxyl groups excluding tert-OH is 1. The van der Waals surface area contributed by atoms with Gasteiger partial charge in [0, 0.05) is 6.42 Å². The molecule has 1 aliphatic rings. The van der Waals surface area contributed by atoms with E-state index in [4.69, 9.17) is 4.74 Å². The molecule has 0 bridgehead atoms. The first-order valence-corrected chi connectivity index (χ1v) is 5.84. The van der Waals surface area contributed by atoms with Crippen LogP contribution in [0.1, 0.15) is 25.3 Å². The zero-order valence-electron chi connectivity index (χ0n) is 9.70. The second kappa shape index (κ2) is 5.10. The van der Waals surface area contributed by atoms with Gasteiger partial charge < -0.3 is 9.84 Å². The molecule has 1 heterocycles. The number of hydrogen-bond acceptors (Lipinski definition) is 2. The van der Waals surface area contributed by atoms with Gasteiger partial charge in [-0.15, -0.1) is 0 Å². The van der Waals surface area contributed by atoms with Gasteiger partial charge in [-0.05, 0) is 31.4 Å². The molecule has 4 heteroatoms. The van der Waals surface area contributed by atoms with Crippen molar-refractivity contribution in [3.63, 3.8) is 0 Å². The highest BCUT2D eigenvalue weighted by Crippen LogP contribution is 2.24. The van der Waals surface area contributed by atoms with Crippen molar-refractivity contribution in [2.75, 3.05) is 0 Å². The van der Waals surface area contributed by atoms with Gasteiger partial charge in [-0.1, -0.05) is 12.1 Å². The van der Waals surface area contributed by atoms with Crippen molar-refractivity contribution in [3.8, 4) is 0 Å². The molecule has 0 amide bonds. The average molecular weight is 242 g/mol. The first-order chi connectivity index (χ1) is 8.08. The van der Waals surface area contributed by atoms with E-state index in [0.717, 1.165) is 18.9 Å². The minimum atomic E-state index is -0.879. The highest BCUT2D eigenvalue weighted by Gasteiger charge is 2.29. The van der Waals surface area contributed by atoms with E-state index in [1.165, 1.54) is 12.1 Å². The molecule has 0 aromatic heterocycles. The van der Waals surface area contributed by atoms with Gasteiger partial charge in [0.1, 0.15) is 0 Å². The second-order valence-electron chi connectivity index (χ2n) is 4.55. The summed E-state index contributed by atoms with van der Waals surface area (Å²) in [6.07, 6.45) is 0.823. The Bertz CT molecular complexity index is 395. The maximum Gasteiger partial charge on any atom is 0.162 e. The minimum Gasteiger partial charge on any atom is -0.390 e. The Morgan fingerprint density at radius 1 is 1.41 bits per heavy atom. The van der Waals surface area contributed by atoms with E-state index in [2.05, 4.69) is 0 Å². The molecule has 0 aliphatic carbocycles. The smallest absolute Gasteiger partial charge is 0.162 e. The van der Waals surface area contributed by atoms with Crippen molar-refractivity contribution >= 4 is 0 Å². The third kappa shape index (κ3) is 2.82. The summed E-state index contributed by atoms with van der Waals surface area (Å²) >= 11 is 0. The number of halogens is 2. The normalized spacial score (nSPS) is 26.1. The van der Waals surface area contributed by atoms with Crippen molar-refractivity contribution in [2.24, 2.45) is 0 Å². The standard InChI is InChI=1S/C13H16F2O2/c1-8-5-6-12(17-8)11(16)7-9-3-2-4-10(14)13(9)15/h2-4,8,11-12,16H,5-7H2,1H3. The van der Waals surface area contributed by atoms with Gasteiger partial charge in [0.15, 0.2) is 11.6 Å². The monoisotopic (exact) mass is 242 g/mol. The number of aliphatic hydroxyl groups is 1. The van der Waals surface area contributed by atoms with Crippen LogP contribution in [0.25, 0.3) is 0 Å². The summed E-state index contributed by atoms with van der Waals surface area (Å²) in [5, 5.41) is 9.92. The van der Waals surface area contributed by atoms with Crippen molar-refractivity contribution in [1.29, 1.82) is 0 Å². The van der Waals surface area contributed by atoms with Crippen LogP contribution >= 0.6 is 0 Å². The van der Waals surface area contributed by atoms with Gasteiger partial charge in [0.2, 0.25) is 0 Å². The Morgan fingerprint density at radius 3 is 2.82 bits per heavy atom. The van der Waals surface area contributed by atoms with E-state index in [1.807, 2.05) is 6.92 Å². The third-order valence-electron chi connectivity index (χ3n) is 3.15. The molecule has 1 N–H and O–H groups in total. The lowest BCUT2D eigenvalue weighted by atomic mass is 10.0. The third-order valence-corrected chi connectivity index (χ3v) is 3.15. The molecule has 2 nitrogen and oxygen atoms in total. The summed E-state index contributed by atoms with van der Waals surface area (Å²) in [5.74, 6) is -1.76. The largest absolute Gasteiger partial charge is 0.390 e. The van der Waals surface area contributed by atoms with Crippen LogP contribution in [0.2, 0.25) is 0 Å². The van der Waals surface area contributed by atoms with E-state index in [-0.39, 0.29) is 24.2 Å². The predicted octanol–water partition coefficient (Wildman–Crippen LogP) is 2.44. The molecular formula is C13H16F2O2. The van der Waals surface area contributed by atoms with Gasteiger partial charge in [0.05, 0.1) is 18.3 Å². The summed E-state index contributed by atoms with van der Waals surface area (Å²) in [5.41, 5.74) is 0.195. The van der Waals surface area contributed by atoms with E-state index < -0.39 is 17.7 Å². The lowest BCUT2D eigenvalue weighted by Gasteiger charge is -2.18. The van der Waals surface area contributed by atoms with Crippen molar-refractivity contribution in [3.05, 3.63) is 35.4 Å². The Morgan fingerprint density at radius 2 is 2.18 bits per heavy atom. The zero-order valence-corrected chi connectivity index (χ0v) is 9.70. The van der Waals surface area contributed by atoms with Crippen LogP contribution in [-0.4, -0.2) is 23.4 Å². The molecule has 0 radical (unpaired) electrons. The Balaban J connectivity index is 2.03. The molecule has 1 saturated heterocycles. The van der Waals surface area contributed by atoms with Crippen LogP contribution in [-0.2, 0) is 11.2 Å². The topological polar surface area (TPSA) is 29.5 Å². The Labute approximate surface area is 99.2 Å². The summed E-state index contributed by atoms with van der Waals surface area (Å²) in [6, 6.07) is 4.00. The lowest BCUT2D eigenvalue weighted by Crippen LogP contribution is -2.28. The van der Waals surface area contributed by atoms with Crippen LogP contribution in [0, 0.1) is 11.6 Å². The SMILES string of the molecule is CC1CCC(C(O)Cc2cccc(F)c2F)O1. The maximum atomic E-state index is 13.4. The first-order valence-electron chi connectivity index (χ1n) is 5.84. The van der Waals surface area contributed by atoms with E-state index in [0.29, 0.717) is 0 Å². The summed E-state index contributed by atoms with van der Waals surface area (Å²) < 4.78 is 31.9. The van der Waals surface area contributed by atoms with Crippen LogP contribution in [0.3, 0.4) is 0 Å². The van der Waals surface area contributed by atoms with Crippen LogP contribution < -0.4 is 0 Å². The van der Waals surface area contributed by atoms with Crippen LogP contribution in [0.4, 0.5) is 8.78 Å². The first kappa shape index (κ1) is 12.5. The van der Waals surface area contributed by atoms with E-state index in [9.17, 15) is 13.9 Å². The highest BCUT2D eigenvalue weighted by molar-refractivity contribution is 5.20. The molecule has 17 heavy (non-hydrogen) atoms. The minimum absolute atomic E-state index is 0.0843.